The minimum absolute atomic E-state index is 0.00518. The summed E-state index contributed by atoms with van der Waals surface area (Å²) in [5.74, 6) is 5.29. The third-order valence-electron chi connectivity index (χ3n) is 4.10. The van der Waals surface area contributed by atoms with Crippen molar-refractivity contribution in [3.63, 3.8) is 0 Å². The zero-order valence-corrected chi connectivity index (χ0v) is 18.3. The van der Waals surface area contributed by atoms with Crippen LogP contribution in [0.3, 0.4) is 0 Å². The number of ether oxygens (including phenoxy) is 1. The van der Waals surface area contributed by atoms with Crippen LogP contribution < -0.4 is 15.4 Å². The maximum Gasteiger partial charge on any atom is 0.315 e. The Balaban J connectivity index is 1.76. The molecule has 0 aliphatic carbocycles. The van der Waals surface area contributed by atoms with Crippen LogP contribution in [0.4, 0.5) is 4.79 Å². The summed E-state index contributed by atoms with van der Waals surface area (Å²) in [5.41, 5.74) is 1.04. The number of morpholine rings is 1. The van der Waals surface area contributed by atoms with Crippen LogP contribution in [-0.2, 0) is 21.3 Å². The SMILES string of the molecule is CS(=O)(=O)NCC#CCNC(=O)NCC1COCCN1Cc1ccc(Cl)c(Cl)c1. The number of amides is 2. The number of nitrogens with one attached hydrogen (secondary N) is 3. The Kier molecular flexibility index (Phi) is 9.49. The highest BCUT2D eigenvalue weighted by Crippen LogP contribution is 2.24. The van der Waals surface area contributed by atoms with E-state index in [0.717, 1.165) is 18.4 Å². The van der Waals surface area contributed by atoms with E-state index in [9.17, 15) is 13.2 Å². The second-order valence-electron chi connectivity index (χ2n) is 6.46. The zero-order valence-electron chi connectivity index (χ0n) is 16.0. The van der Waals surface area contributed by atoms with Gasteiger partial charge in [0.1, 0.15) is 0 Å². The molecule has 8 nitrogen and oxygen atoms in total. The molecule has 1 atom stereocenters. The minimum Gasteiger partial charge on any atom is -0.378 e. The summed E-state index contributed by atoms with van der Waals surface area (Å²) in [5, 5.41) is 6.44. The molecule has 160 valence electrons. The van der Waals surface area contributed by atoms with E-state index in [1.165, 1.54) is 0 Å². The highest BCUT2D eigenvalue weighted by atomic mass is 35.5. The van der Waals surface area contributed by atoms with Gasteiger partial charge in [0.05, 0.1) is 48.6 Å². The number of rotatable bonds is 7. The first kappa shape index (κ1) is 23.7. The molecule has 1 aromatic carbocycles. The topological polar surface area (TPSA) is 99.8 Å². The maximum absolute atomic E-state index is 11.9. The van der Waals surface area contributed by atoms with Crippen LogP contribution in [-0.4, -0.2) is 71.0 Å². The van der Waals surface area contributed by atoms with Gasteiger partial charge in [0.2, 0.25) is 10.0 Å². The first-order chi connectivity index (χ1) is 13.7. The second-order valence-corrected chi connectivity index (χ2v) is 9.11. The van der Waals surface area contributed by atoms with Gasteiger partial charge >= 0.3 is 6.03 Å². The molecule has 11 heteroatoms. The van der Waals surface area contributed by atoms with Gasteiger partial charge in [-0.15, -0.1) is 0 Å². The van der Waals surface area contributed by atoms with Crippen molar-refractivity contribution in [2.24, 2.45) is 0 Å². The van der Waals surface area contributed by atoms with Crippen LogP contribution in [0.2, 0.25) is 10.0 Å². The van der Waals surface area contributed by atoms with E-state index < -0.39 is 10.0 Å². The molecule has 29 heavy (non-hydrogen) atoms. The van der Waals surface area contributed by atoms with E-state index in [2.05, 4.69) is 32.1 Å². The zero-order chi connectivity index (χ0) is 21.3. The molecule has 0 radical (unpaired) electrons. The molecule has 0 aromatic heterocycles. The summed E-state index contributed by atoms with van der Waals surface area (Å²) in [6, 6.07) is 5.21. The maximum atomic E-state index is 11.9. The van der Waals surface area contributed by atoms with Gasteiger partial charge in [-0.3, -0.25) is 4.90 Å². The second kappa shape index (κ2) is 11.6. The highest BCUT2D eigenvalue weighted by Gasteiger charge is 2.23. The fourth-order valence-electron chi connectivity index (χ4n) is 2.65. The van der Waals surface area contributed by atoms with Crippen molar-refractivity contribution < 1.29 is 17.9 Å². The van der Waals surface area contributed by atoms with Crippen molar-refractivity contribution in [1.29, 1.82) is 0 Å². The molecule has 1 heterocycles. The van der Waals surface area contributed by atoms with E-state index in [1.54, 1.807) is 6.07 Å². The Morgan fingerprint density at radius 2 is 2.00 bits per heavy atom. The quantitative estimate of drug-likeness (QED) is 0.525. The fourth-order valence-corrected chi connectivity index (χ4v) is 3.30. The van der Waals surface area contributed by atoms with Gasteiger partial charge < -0.3 is 15.4 Å². The van der Waals surface area contributed by atoms with E-state index in [1.807, 2.05) is 12.1 Å². The number of sulfonamides is 1. The number of carbonyl (C=O) groups excluding carboxylic acids is 1. The molecule has 0 bridgehead atoms. The van der Waals surface area contributed by atoms with E-state index in [4.69, 9.17) is 27.9 Å². The number of halogens is 2. The highest BCUT2D eigenvalue weighted by molar-refractivity contribution is 7.88. The number of hydrogen-bond acceptors (Lipinski definition) is 5. The van der Waals surface area contributed by atoms with Gasteiger partial charge in [0, 0.05) is 19.6 Å². The number of nitrogens with zero attached hydrogens (tertiary/aromatic N) is 1. The van der Waals surface area contributed by atoms with Crippen LogP contribution in [0.5, 0.6) is 0 Å². The molecule has 0 saturated carbocycles. The Morgan fingerprint density at radius 3 is 2.72 bits per heavy atom. The van der Waals surface area contributed by atoms with Crippen molar-refractivity contribution in [3.8, 4) is 11.8 Å². The van der Waals surface area contributed by atoms with Crippen molar-refractivity contribution in [2.45, 2.75) is 12.6 Å². The molecule has 1 aliphatic rings. The summed E-state index contributed by atoms with van der Waals surface area (Å²) in [7, 11) is -3.26. The molecular formula is C18H24Cl2N4O4S. The van der Waals surface area contributed by atoms with Crippen molar-refractivity contribution >= 4 is 39.3 Å². The predicted octanol–water partition coefficient (Wildman–Crippen LogP) is 1.05. The van der Waals surface area contributed by atoms with Gasteiger partial charge in [0.15, 0.2) is 0 Å². The first-order valence-corrected chi connectivity index (χ1v) is 11.6. The van der Waals surface area contributed by atoms with Gasteiger partial charge in [-0.05, 0) is 17.7 Å². The largest absolute Gasteiger partial charge is 0.378 e. The third kappa shape index (κ3) is 9.21. The van der Waals surface area contributed by atoms with Gasteiger partial charge in [-0.1, -0.05) is 41.1 Å². The molecule has 1 saturated heterocycles. The summed E-state index contributed by atoms with van der Waals surface area (Å²) >= 11 is 12.1. The van der Waals surface area contributed by atoms with Gasteiger partial charge in [-0.2, -0.15) is 0 Å². The van der Waals surface area contributed by atoms with Crippen molar-refractivity contribution in [1.82, 2.24) is 20.3 Å². The summed E-state index contributed by atoms with van der Waals surface area (Å²) in [6.07, 6.45) is 1.06. The monoisotopic (exact) mass is 462 g/mol. The van der Waals surface area contributed by atoms with Crippen LogP contribution in [0, 0.1) is 11.8 Å². The van der Waals surface area contributed by atoms with Crippen LogP contribution >= 0.6 is 23.2 Å². The number of hydrogen-bond donors (Lipinski definition) is 3. The van der Waals surface area contributed by atoms with Crippen LogP contribution in [0.1, 0.15) is 5.56 Å². The Hall–Kier alpha value is -1.54. The molecule has 2 rings (SSSR count). The van der Waals surface area contributed by atoms with Gasteiger partial charge in [-0.25, -0.2) is 17.9 Å². The standard InChI is InChI=1S/C18H24Cl2N4O4S/c1-29(26,27)23-7-3-2-6-21-18(25)22-11-15-13-28-9-8-24(15)12-14-4-5-16(19)17(20)10-14/h4-5,10,15,23H,6-9,11-13H2,1H3,(H2,21,22,25). The molecule has 1 fully saturated rings. The molecule has 1 aliphatic heterocycles. The molecule has 3 N–H and O–H groups in total. The van der Waals surface area contributed by atoms with Crippen molar-refractivity contribution in [2.75, 3.05) is 45.6 Å². The lowest BCUT2D eigenvalue weighted by Gasteiger charge is -2.35. The minimum atomic E-state index is -3.26. The number of benzene rings is 1. The average molecular weight is 463 g/mol. The summed E-state index contributed by atoms with van der Waals surface area (Å²) < 4.78 is 29.6. The lowest BCUT2D eigenvalue weighted by molar-refractivity contribution is -0.00993. The summed E-state index contributed by atoms with van der Waals surface area (Å²) in [4.78, 5) is 14.2. The number of urea groups is 1. The lowest BCUT2D eigenvalue weighted by atomic mass is 10.1. The molecular weight excluding hydrogens is 439 g/mol. The smallest absolute Gasteiger partial charge is 0.315 e. The normalized spacial score (nSPS) is 17.3. The van der Waals surface area contributed by atoms with Gasteiger partial charge in [0.25, 0.3) is 0 Å². The van der Waals surface area contributed by atoms with E-state index in [0.29, 0.717) is 36.3 Å². The van der Waals surface area contributed by atoms with E-state index in [-0.39, 0.29) is 25.2 Å². The van der Waals surface area contributed by atoms with Crippen LogP contribution in [0.15, 0.2) is 18.2 Å². The Morgan fingerprint density at radius 1 is 1.24 bits per heavy atom. The molecule has 1 unspecified atom stereocenters. The average Bonchev–Trinajstić information content (AvgIpc) is 2.66. The third-order valence-corrected chi connectivity index (χ3v) is 5.51. The summed E-state index contributed by atoms with van der Waals surface area (Å²) in [6.45, 7) is 3.09. The molecule has 2 amide bonds. The first-order valence-electron chi connectivity index (χ1n) is 8.92. The van der Waals surface area contributed by atoms with Crippen LogP contribution in [0.25, 0.3) is 0 Å². The Labute approximate surface area is 181 Å². The lowest BCUT2D eigenvalue weighted by Crippen LogP contribution is -2.52. The van der Waals surface area contributed by atoms with E-state index >= 15 is 0 Å². The fraction of sp³-hybridized carbons (Fsp3) is 0.500. The predicted molar refractivity (Wildman–Crippen MR) is 114 cm³/mol. The van der Waals surface area contributed by atoms with Crippen molar-refractivity contribution in [3.05, 3.63) is 33.8 Å². The molecule has 1 aromatic rings. The Bertz CT molecular complexity index is 870. The molecule has 0 spiro atoms. The number of carbonyl (C=O) groups is 1.